The van der Waals surface area contributed by atoms with Crippen LogP contribution in [0.4, 0.5) is 5.69 Å². The fraction of sp³-hybridized carbons (Fsp3) is 0.292. The summed E-state index contributed by atoms with van der Waals surface area (Å²) in [5.74, 6) is -1.29. The first-order valence-corrected chi connectivity index (χ1v) is 11.1. The van der Waals surface area contributed by atoms with Crippen LogP contribution in [0.1, 0.15) is 35.3 Å². The van der Waals surface area contributed by atoms with Crippen molar-refractivity contribution in [2.45, 2.75) is 37.9 Å². The second-order valence-electron chi connectivity index (χ2n) is 8.52. The van der Waals surface area contributed by atoms with Crippen molar-refractivity contribution >= 4 is 23.4 Å². The minimum atomic E-state index is -0.732. The molecule has 1 aliphatic heterocycles. The van der Waals surface area contributed by atoms with E-state index in [0.717, 1.165) is 17.7 Å². The SMILES string of the molecule is COc1ccc(-[n+]2noc([O-])c2CN(C2CC2)C2CC(=O)N(c3ccc(C(N)=O)cc3)C2=O)cc1. The van der Waals surface area contributed by atoms with Crippen LogP contribution in [0.5, 0.6) is 11.7 Å². The number of hydrogen-bond acceptors (Lipinski definition) is 8. The third-order valence-corrected chi connectivity index (χ3v) is 6.30. The van der Waals surface area contributed by atoms with E-state index < -0.39 is 17.9 Å². The maximum absolute atomic E-state index is 13.4. The summed E-state index contributed by atoms with van der Waals surface area (Å²) in [5, 5.41) is 16.4. The number of rotatable bonds is 8. The fourth-order valence-electron chi connectivity index (χ4n) is 4.32. The van der Waals surface area contributed by atoms with E-state index in [2.05, 4.69) is 5.27 Å². The molecule has 1 saturated carbocycles. The second kappa shape index (κ2) is 8.84. The van der Waals surface area contributed by atoms with Crippen molar-refractivity contribution in [2.24, 2.45) is 5.73 Å². The molecule has 2 aromatic carbocycles. The van der Waals surface area contributed by atoms with E-state index in [-0.39, 0.29) is 42.1 Å². The van der Waals surface area contributed by atoms with Crippen LogP contribution in [0.3, 0.4) is 0 Å². The van der Waals surface area contributed by atoms with Gasteiger partial charge in [-0.2, -0.15) is 0 Å². The molecule has 1 saturated heterocycles. The number of anilines is 1. The maximum atomic E-state index is 13.4. The first-order chi connectivity index (χ1) is 16.9. The molecule has 2 N–H and O–H groups in total. The molecular formula is C24H23N5O6. The average Bonchev–Trinajstić information content (AvgIpc) is 3.58. The first-order valence-electron chi connectivity index (χ1n) is 11.1. The van der Waals surface area contributed by atoms with Gasteiger partial charge in [0, 0.05) is 23.7 Å². The highest BCUT2D eigenvalue weighted by Crippen LogP contribution is 2.35. The molecule has 1 aromatic heterocycles. The quantitative estimate of drug-likeness (QED) is 0.363. The van der Waals surface area contributed by atoms with Crippen LogP contribution in [0.25, 0.3) is 5.69 Å². The Balaban J connectivity index is 1.41. The molecule has 0 spiro atoms. The minimum absolute atomic E-state index is 0.0189. The lowest BCUT2D eigenvalue weighted by molar-refractivity contribution is -0.678. The Labute approximate surface area is 200 Å². The molecule has 0 radical (unpaired) electrons. The van der Waals surface area contributed by atoms with Gasteiger partial charge in [0.05, 0.1) is 37.1 Å². The average molecular weight is 477 g/mol. The van der Waals surface area contributed by atoms with Crippen LogP contribution in [0.15, 0.2) is 53.1 Å². The first kappa shape index (κ1) is 22.5. The molecule has 11 heteroatoms. The normalized spacial score (nSPS) is 17.9. The van der Waals surface area contributed by atoms with Gasteiger partial charge in [0.25, 0.3) is 11.6 Å². The standard InChI is InChI=1S/C24H23N5O6/c1-34-18-10-8-17(9-11-18)29-20(24(33)35-26-29)13-27(15-6-7-15)19-12-21(30)28(23(19)32)16-4-2-14(3-5-16)22(25)31/h2-5,8-11,15,19H,6-7,12-13H2,1H3,(H2-,25,26,31,33). The molecule has 2 fully saturated rings. The van der Waals surface area contributed by atoms with Gasteiger partial charge in [-0.25, -0.2) is 4.90 Å². The number of imide groups is 1. The number of ether oxygens (including phenoxy) is 1. The Hall–Kier alpha value is -4.25. The Bertz CT molecular complexity index is 1280. The zero-order valence-corrected chi connectivity index (χ0v) is 18.9. The van der Waals surface area contributed by atoms with Crippen LogP contribution < -0.4 is 25.2 Å². The molecule has 11 nitrogen and oxygen atoms in total. The van der Waals surface area contributed by atoms with Crippen LogP contribution in [0, 0.1) is 0 Å². The smallest absolute Gasteiger partial charge is 0.254 e. The van der Waals surface area contributed by atoms with Crippen LogP contribution in [0.2, 0.25) is 0 Å². The third kappa shape index (κ3) is 4.21. The summed E-state index contributed by atoms with van der Waals surface area (Å²) in [5.41, 5.74) is 6.79. The van der Waals surface area contributed by atoms with E-state index >= 15 is 0 Å². The van der Waals surface area contributed by atoms with Crippen molar-refractivity contribution in [3.63, 3.8) is 0 Å². The number of benzene rings is 2. The number of carbonyl (C=O) groups excluding carboxylic acids is 3. The molecule has 35 heavy (non-hydrogen) atoms. The van der Waals surface area contributed by atoms with Gasteiger partial charge in [-0.1, -0.05) is 0 Å². The van der Waals surface area contributed by atoms with E-state index in [0.29, 0.717) is 17.1 Å². The van der Waals surface area contributed by atoms with Crippen molar-refractivity contribution in [2.75, 3.05) is 12.0 Å². The lowest BCUT2D eigenvalue weighted by atomic mass is 10.1. The molecule has 5 rings (SSSR count). The number of nitrogens with two attached hydrogens (primary N) is 1. The van der Waals surface area contributed by atoms with Crippen molar-refractivity contribution in [1.29, 1.82) is 0 Å². The summed E-state index contributed by atoms with van der Waals surface area (Å²) in [6.07, 6.45) is 1.69. The van der Waals surface area contributed by atoms with Crippen molar-refractivity contribution in [1.82, 2.24) is 10.2 Å². The maximum Gasteiger partial charge on any atom is 0.254 e. The predicted molar refractivity (Wildman–Crippen MR) is 118 cm³/mol. The summed E-state index contributed by atoms with van der Waals surface area (Å²) >= 11 is 0. The molecule has 1 unspecified atom stereocenters. The van der Waals surface area contributed by atoms with Gasteiger partial charge in [-0.3, -0.25) is 19.3 Å². The Morgan fingerprint density at radius 1 is 1.20 bits per heavy atom. The number of methoxy groups -OCH3 is 1. The lowest BCUT2D eigenvalue weighted by Gasteiger charge is -2.26. The van der Waals surface area contributed by atoms with Gasteiger partial charge in [0.1, 0.15) is 5.75 Å². The van der Waals surface area contributed by atoms with Crippen molar-refractivity contribution in [3.05, 3.63) is 59.8 Å². The molecule has 2 heterocycles. The largest absolute Gasteiger partial charge is 0.539 e. The highest BCUT2D eigenvalue weighted by atomic mass is 16.6. The zero-order chi connectivity index (χ0) is 24.7. The summed E-state index contributed by atoms with van der Waals surface area (Å²) in [7, 11) is 1.56. The van der Waals surface area contributed by atoms with Gasteiger partial charge in [0.2, 0.25) is 17.5 Å². The van der Waals surface area contributed by atoms with E-state index in [1.165, 1.54) is 28.9 Å². The van der Waals surface area contributed by atoms with Gasteiger partial charge < -0.3 is 20.1 Å². The summed E-state index contributed by atoms with van der Waals surface area (Å²) in [4.78, 5) is 40.6. The summed E-state index contributed by atoms with van der Waals surface area (Å²) in [6, 6.07) is 12.3. The van der Waals surface area contributed by atoms with E-state index in [9.17, 15) is 19.5 Å². The molecule has 2 aliphatic rings. The number of primary amides is 1. The topological polar surface area (TPSA) is 146 Å². The highest BCUT2D eigenvalue weighted by molar-refractivity contribution is 6.22. The van der Waals surface area contributed by atoms with E-state index in [4.69, 9.17) is 15.0 Å². The van der Waals surface area contributed by atoms with Crippen LogP contribution in [-0.2, 0) is 16.1 Å². The van der Waals surface area contributed by atoms with Crippen LogP contribution in [-0.4, -0.2) is 47.1 Å². The fourth-order valence-corrected chi connectivity index (χ4v) is 4.32. The summed E-state index contributed by atoms with van der Waals surface area (Å²) in [6.45, 7) is 0.0944. The number of hydrogen-bond donors (Lipinski definition) is 1. The molecular weight excluding hydrogens is 454 g/mol. The summed E-state index contributed by atoms with van der Waals surface area (Å²) < 4.78 is 11.5. The van der Waals surface area contributed by atoms with Crippen LogP contribution >= 0.6 is 0 Å². The molecule has 3 amide bonds. The highest BCUT2D eigenvalue weighted by Gasteiger charge is 2.48. The van der Waals surface area contributed by atoms with Gasteiger partial charge in [-0.15, -0.1) is 0 Å². The third-order valence-electron chi connectivity index (χ3n) is 6.30. The Kier molecular flexibility index (Phi) is 5.69. The lowest BCUT2D eigenvalue weighted by Crippen LogP contribution is -2.46. The number of aromatic nitrogens is 2. The van der Waals surface area contributed by atoms with Gasteiger partial charge >= 0.3 is 0 Å². The monoisotopic (exact) mass is 477 g/mol. The number of carbonyl (C=O) groups is 3. The Morgan fingerprint density at radius 2 is 1.89 bits per heavy atom. The number of nitrogens with zero attached hydrogens (tertiary/aromatic N) is 4. The van der Waals surface area contributed by atoms with Crippen molar-refractivity contribution < 1.29 is 33.4 Å². The molecule has 1 aliphatic carbocycles. The Morgan fingerprint density at radius 3 is 2.49 bits per heavy atom. The zero-order valence-electron chi connectivity index (χ0n) is 18.9. The van der Waals surface area contributed by atoms with E-state index in [1.54, 1.807) is 31.4 Å². The molecule has 1 atom stereocenters. The molecule has 3 aromatic rings. The molecule has 0 bridgehead atoms. The van der Waals surface area contributed by atoms with Crippen molar-refractivity contribution in [3.8, 4) is 17.4 Å². The van der Waals surface area contributed by atoms with E-state index in [1.807, 2.05) is 4.90 Å². The minimum Gasteiger partial charge on any atom is -0.539 e. The second-order valence-corrected chi connectivity index (χ2v) is 8.52. The van der Waals surface area contributed by atoms with Gasteiger partial charge in [-0.05, 0) is 53.9 Å². The van der Waals surface area contributed by atoms with Gasteiger partial charge in [0.15, 0.2) is 5.95 Å². The molecule has 180 valence electrons. The predicted octanol–water partition coefficient (Wildman–Crippen LogP) is 0.429. The number of amides is 3.